The van der Waals surface area contributed by atoms with Crippen LogP contribution in [0.15, 0.2) is 72.3 Å². The van der Waals surface area contributed by atoms with Crippen LogP contribution in [0, 0.1) is 5.92 Å². The highest BCUT2D eigenvalue weighted by Gasteiger charge is 2.46. The molecule has 1 amide bonds. The number of hydrogen-bond acceptors (Lipinski definition) is 6. The fourth-order valence-electron chi connectivity index (χ4n) is 5.38. The van der Waals surface area contributed by atoms with Crippen molar-refractivity contribution in [2.45, 2.75) is 59.2 Å². The van der Waals surface area contributed by atoms with Gasteiger partial charge in [0.15, 0.2) is 11.5 Å². The highest BCUT2D eigenvalue weighted by molar-refractivity contribution is 6.46. The second kappa shape index (κ2) is 12.1. The van der Waals surface area contributed by atoms with Crippen molar-refractivity contribution >= 4 is 17.4 Å². The molecule has 7 nitrogen and oxygen atoms in total. The van der Waals surface area contributed by atoms with Gasteiger partial charge in [-0.2, -0.15) is 0 Å². The molecule has 214 valence electrons. The molecule has 41 heavy (non-hydrogen) atoms. The first-order chi connectivity index (χ1) is 19.8. The van der Waals surface area contributed by atoms with Gasteiger partial charge in [-0.05, 0) is 73.2 Å². The molecule has 2 heterocycles. The summed E-state index contributed by atoms with van der Waals surface area (Å²) in [5.41, 5.74) is 3.01. The Morgan fingerprint density at radius 1 is 1.02 bits per heavy atom. The zero-order valence-corrected chi connectivity index (χ0v) is 24.1. The maximum atomic E-state index is 13.6. The van der Waals surface area contributed by atoms with Crippen molar-refractivity contribution < 1.29 is 28.9 Å². The second-order valence-corrected chi connectivity index (χ2v) is 11.0. The number of carbonyl (C=O) groups is 2. The third kappa shape index (κ3) is 5.94. The van der Waals surface area contributed by atoms with Crippen molar-refractivity contribution in [1.29, 1.82) is 0 Å². The SMILES string of the molecule is CCOc1cc(C2/C(=C(\O)c3ccc4c(c3)CC(C)O4)C(=O)C(=O)N2Cc2ccccc2)ccc1OCCC(C)C. The van der Waals surface area contributed by atoms with Crippen molar-refractivity contribution in [1.82, 2.24) is 4.90 Å². The normalized spacial score (nSPS) is 19.4. The molecule has 2 unspecified atom stereocenters. The smallest absolute Gasteiger partial charge is 0.295 e. The van der Waals surface area contributed by atoms with Crippen molar-refractivity contribution in [2.24, 2.45) is 5.92 Å². The summed E-state index contributed by atoms with van der Waals surface area (Å²) in [4.78, 5) is 28.6. The van der Waals surface area contributed by atoms with E-state index < -0.39 is 17.7 Å². The fraction of sp³-hybridized carbons (Fsp3) is 0.353. The lowest BCUT2D eigenvalue weighted by Gasteiger charge is -2.26. The molecule has 0 aliphatic carbocycles. The quantitative estimate of drug-likeness (QED) is 0.176. The Kier molecular flexibility index (Phi) is 8.34. The predicted octanol–water partition coefficient (Wildman–Crippen LogP) is 6.46. The second-order valence-electron chi connectivity index (χ2n) is 11.0. The molecule has 1 fully saturated rings. The van der Waals surface area contributed by atoms with Crippen molar-refractivity contribution in [2.75, 3.05) is 13.2 Å². The predicted molar refractivity (Wildman–Crippen MR) is 157 cm³/mol. The van der Waals surface area contributed by atoms with Gasteiger partial charge in [-0.1, -0.05) is 50.2 Å². The van der Waals surface area contributed by atoms with Crippen LogP contribution >= 0.6 is 0 Å². The number of carbonyl (C=O) groups excluding carboxylic acids is 2. The molecule has 1 N–H and O–H groups in total. The zero-order chi connectivity index (χ0) is 29.1. The topological polar surface area (TPSA) is 85.3 Å². The van der Waals surface area contributed by atoms with Crippen LogP contribution in [0.5, 0.6) is 17.2 Å². The minimum absolute atomic E-state index is 0.0390. The minimum Gasteiger partial charge on any atom is -0.507 e. The highest BCUT2D eigenvalue weighted by Crippen LogP contribution is 2.43. The molecular formula is C34H37NO6. The molecular weight excluding hydrogens is 518 g/mol. The van der Waals surface area contributed by atoms with E-state index in [0.29, 0.717) is 48.2 Å². The number of hydrogen-bond donors (Lipinski definition) is 1. The summed E-state index contributed by atoms with van der Waals surface area (Å²) >= 11 is 0. The number of amides is 1. The Morgan fingerprint density at radius 2 is 1.80 bits per heavy atom. The Labute approximate surface area is 241 Å². The van der Waals surface area contributed by atoms with Crippen LogP contribution in [0.25, 0.3) is 5.76 Å². The standard InChI is InChI=1S/C34H37NO6/c1-5-39-29-19-24(11-14-28(29)40-16-15-21(2)3)31-30(32(36)25-12-13-27-26(18-25)17-22(4)41-27)33(37)34(38)35(31)20-23-9-7-6-8-10-23/h6-14,18-19,21-22,31,36H,5,15-17,20H2,1-4H3/b32-30+. The number of aliphatic hydroxyl groups excluding tert-OH is 1. The molecule has 2 atom stereocenters. The van der Waals surface area contributed by atoms with E-state index in [1.165, 1.54) is 4.90 Å². The van der Waals surface area contributed by atoms with E-state index in [1.807, 2.05) is 68.4 Å². The van der Waals surface area contributed by atoms with E-state index in [0.717, 1.165) is 23.3 Å². The Morgan fingerprint density at radius 3 is 2.54 bits per heavy atom. The van der Waals surface area contributed by atoms with E-state index in [-0.39, 0.29) is 24.0 Å². The lowest BCUT2D eigenvalue weighted by molar-refractivity contribution is -0.140. The lowest BCUT2D eigenvalue weighted by atomic mass is 9.94. The van der Waals surface area contributed by atoms with Gasteiger partial charge in [0, 0.05) is 18.5 Å². The first kappa shape index (κ1) is 28.3. The molecule has 5 rings (SSSR count). The molecule has 2 aliphatic heterocycles. The van der Waals surface area contributed by atoms with Crippen LogP contribution in [0.4, 0.5) is 0 Å². The average Bonchev–Trinajstić information content (AvgIpc) is 3.45. The zero-order valence-electron chi connectivity index (χ0n) is 24.1. The van der Waals surface area contributed by atoms with Crippen molar-refractivity contribution in [3.05, 3.63) is 94.6 Å². The number of aliphatic hydroxyl groups is 1. The van der Waals surface area contributed by atoms with Crippen LogP contribution < -0.4 is 14.2 Å². The van der Waals surface area contributed by atoms with Crippen LogP contribution in [0.1, 0.15) is 62.4 Å². The number of Topliss-reactive ketones (excluding diaryl/α,β-unsaturated/α-hetero) is 1. The van der Waals surface area contributed by atoms with Crippen LogP contribution in [-0.2, 0) is 22.6 Å². The van der Waals surface area contributed by atoms with Gasteiger partial charge in [0.2, 0.25) is 0 Å². The lowest BCUT2D eigenvalue weighted by Crippen LogP contribution is -2.29. The maximum Gasteiger partial charge on any atom is 0.295 e. The number of ether oxygens (including phenoxy) is 3. The molecule has 7 heteroatoms. The third-order valence-corrected chi connectivity index (χ3v) is 7.44. The minimum atomic E-state index is -0.817. The highest BCUT2D eigenvalue weighted by atomic mass is 16.5. The first-order valence-corrected chi connectivity index (χ1v) is 14.3. The molecule has 0 radical (unpaired) electrons. The maximum absolute atomic E-state index is 13.6. The fourth-order valence-corrected chi connectivity index (χ4v) is 5.38. The molecule has 0 aromatic heterocycles. The molecule has 0 spiro atoms. The van der Waals surface area contributed by atoms with Gasteiger partial charge in [0.1, 0.15) is 17.6 Å². The summed E-state index contributed by atoms with van der Waals surface area (Å²) in [5, 5.41) is 11.6. The molecule has 0 bridgehead atoms. The summed E-state index contributed by atoms with van der Waals surface area (Å²) in [5.74, 6) is 0.812. The van der Waals surface area contributed by atoms with Gasteiger partial charge in [0.05, 0.1) is 24.8 Å². The molecule has 3 aromatic carbocycles. The van der Waals surface area contributed by atoms with Crippen LogP contribution in [0.2, 0.25) is 0 Å². The van der Waals surface area contributed by atoms with Gasteiger partial charge in [-0.25, -0.2) is 0 Å². The molecule has 3 aromatic rings. The molecule has 2 aliphatic rings. The molecule has 1 saturated heterocycles. The summed E-state index contributed by atoms with van der Waals surface area (Å²) in [6.45, 7) is 9.33. The number of likely N-dealkylation sites (tertiary alicyclic amines) is 1. The number of benzene rings is 3. The van der Waals surface area contributed by atoms with E-state index in [1.54, 1.807) is 12.1 Å². The van der Waals surface area contributed by atoms with Crippen molar-refractivity contribution in [3.8, 4) is 17.2 Å². The van der Waals surface area contributed by atoms with Crippen LogP contribution in [0.3, 0.4) is 0 Å². The summed E-state index contributed by atoms with van der Waals surface area (Å²) < 4.78 is 17.8. The van der Waals surface area contributed by atoms with Gasteiger partial charge in [0.25, 0.3) is 11.7 Å². The summed E-state index contributed by atoms with van der Waals surface area (Å²) in [6, 6.07) is 19.5. The van der Waals surface area contributed by atoms with Gasteiger partial charge >= 0.3 is 0 Å². The number of rotatable bonds is 10. The Hall–Kier alpha value is -4.26. The largest absolute Gasteiger partial charge is 0.507 e. The van der Waals surface area contributed by atoms with E-state index in [4.69, 9.17) is 14.2 Å². The number of nitrogens with zero attached hydrogens (tertiary/aromatic N) is 1. The molecule has 0 saturated carbocycles. The number of ketones is 1. The average molecular weight is 556 g/mol. The van der Waals surface area contributed by atoms with E-state index in [2.05, 4.69) is 13.8 Å². The van der Waals surface area contributed by atoms with Gasteiger partial charge < -0.3 is 24.2 Å². The first-order valence-electron chi connectivity index (χ1n) is 14.3. The Balaban J connectivity index is 1.60. The third-order valence-electron chi connectivity index (χ3n) is 7.44. The Bertz CT molecular complexity index is 1460. The van der Waals surface area contributed by atoms with Gasteiger partial charge in [-0.3, -0.25) is 9.59 Å². The summed E-state index contributed by atoms with van der Waals surface area (Å²) in [7, 11) is 0. The van der Waals surface area contributed by atoms with E-state index in [9.17, 15) is 14.7 Å². The van der Waals surface area contributed by atoms with Gasteiger partial charge in [-0.15, -0.1) is 0 Å². The van der Waals surface area contributed by atoms with Crippen LogP contribution in [-0.4, -0.2) is 41.0 Å². The van der Waals surface area contributed by atoms with E-state index >= 15 is 0 Å². The summed E-state index contributed by atoms with van der Waals surface area (Å²) in [6.07, 6.45) is 1.64. The van der Waals surface area contributed by atoms with Crippen molar-refractivity contribution in [3.63, 3.8) is 0 Å². The number of fused-ring (bicyclic) bond motifs is 1. The monoisotopic (exact) mass is 555 g/mol.